The van der Waals surface area contributed by atoms with Crippen molar-refractivity contribution in [2.45, 2.75) is 39.3 Å². The van der Waals surface area contributed by atoms with Crippen molar-refractivity contribution >= 4 is 11.3 Å². The predicted octanol–water partition coefficient (Wildman–Crippen LogP) is 2.47. The lowest BCUT2D eigenvalue weighted by atomic mass is 10.1. The molecular formula is C12H18N4S. The number of hydrogen-bond acceptors (Lipinski definition) is 4. The van der Waals surface area contributed by atoms with Crippen molar-refractivity contribution in [2.75, 3.05) is 0 Å². The number of thiazole rings is 1. The van der Waals surface area contributed by atoms with Crippen LogP contribution in [0.3, 0.4) is 0 Å². The minimum absolute atomic E-state index is 0.00184. The summed E-state index contributed by atoms with van der Waals surface area (Å²) in [5.41, 5.74) is 10.1. The van der Waals surface area contributed by atoms with Crippen molar-refractivity contribution in [2.24, 2.45) is 5.73 Å². The molecule has 0 aromatic carbocycles. The molecule has 2 aromatic heterocycles. The number of nitrogens with two attached hydrogens (primary N) is 1. The first-order valence-corrected chi connectivity index (χ1v) is 6.65. The van der Waals surface area contributed by atoms with Crippen molar-refractivity contribution in [1.82, 2.24) is 14.8 Å². The van der Waals surface area contributed by atoms with Crippen LogP contribution in [0.1, 0.15) is 42.2 Å². The van der Waals surface area contributed by atoms with E-state index in [0.29, 0.717) is 6.04 Å². The van der Waals surface area contributed by atoms with Crippen LogP contribution < -0.4 is 5.73 Å². The quantitative estimate of drug-likeness (QED) is 0.907. The monoisotopic (exact) mass is 250 g/mol. The second kappa shape index (κ2) is 4.98. The third-order valence-electron chi connectivity index (χ3n) is 2.74. The second-order valence-electron chi connectivity index (χ2n) is 4.49. The van der Waals surface area contributed by atoms with Crippen molar-refractivity contribution in [1.29, 1.82) is 0 Å². The summed E-state index contributed by atoms with van der Waals surface area (Å²) >= 11 is 1.62. The predicted molar refractivity (Wildman–Crippen MR) is 70.1 cm³/mol. The summed E-state index contributed by atoms with van der Waals surface area (Å²) in [5.74, 6) is 0. The number of aromatic nitrogens is 3. The molecule has 0 aliphatic heterocycles. The summed E-state index contributed by atoms with van der Waals surface area (Å²) in [6.45, 7) is 6.23. The first-order chi connectivity index (χ1) is 8.08. The third kappa shape index (κ3) is 2.73. The van der Waals surface area contributed by atoms with E-state index >= 15 is 0 Å². The molecule has 2 N–H and O–H groups in total. The fourth-order valence-electron chi connectivity index (χ4n) is 1.76. The van der Waals surface area contributed by atoms with E-state index in [-0.39, 0.29) is 6.04 Å². The minimum atomic E-state index is -0.00184. The van der Waals surface area contributed by atoms with Gasteiger partial charge >= 0.3 is 0 Å². The maximum absolute atomic E-state index is 6.18. The molecule has 0 spiro atoms. The first-order valence-electron chi connectivity index (χ1n) is 5.77. The summed E-state index contributed by atoms with van der Waals surface area (Å²) in [7, 11) is 0. The van der Waals surface area contributed by atoms with E-state index in [4.69, 9.17) is 5.73 Å². The normalized spacial score (nSPS) is 13.2. The van der Waals surface area contributed by atoms with Gasteiger partial charge in [0.25, 0.3) is 0 Å². The van der Waals surface area contributed by atoms with Gasteiger partial charge in [-0.1, -0.05) is 0 Å². The van der Waals surface area contributed by atoms with Crippen LogP contribution in [0.5, 0.6) is 0 Å². The molecular weight excluding hydrogens is 232 g/mol. The van der Waals surface area contributed by atoms with Crippen LogP contribution in [0.25, 0.3) is 0 Å². The molecule has 1 atom stereocenters. The number of nitrogens with zero attached hydrogens (tertiary/aromatic N) is 3. The Labute approximate surface area is 105 Å². The Kier molecular flexibility index (Phi) is 3.59. The van der Waals surface area contributed by atoms with Crippen molar-refractivity contribution < 1.29 is 0 Å². The van der Waals surface area contributed by atoms with Gasteiger partial charge in [0.2, 0.25) is 0 Å². The Morgan fingerprint density at radius 1 is 1.47 bits per heavy atom. The fraction of sp³-hybridized carbons (Fsp3) is 0.500. The van der Waals surface area contributed by atoms with E-state index in [1.54, 1.807) is 11.3 Å². The lowest BCUT2D eigenvalue weighted by Gasteiger charge is -2.08. The minimum Gasteiger partial charge on any atom is -0.323 e. The Bertz CT molecular complexity index is 486. The molecule has 2 aromatic rings. The summed E-state index contributed by atoms with van der Waals surface area (Å²) in [5, 5.41) is 4.51. The summed E-state index contributed by atoms with van der Waals surface area (Å²) in [4.78, 5) is 5.38. The molecule has 0 bridgehead atoms. The number of hydrogen-bond donors (Lipinski definition) is 1. The molecule has 5 heteroatoms. The van der Waals surface area contributed by atoms with E-state index < -0.39 is 0 Å². The van der Waals surface area contributed by atoms with Gasteiger partial charge in [-0.15, -0.1) is 11.3 Å². The highest BCUT2D eigenvalue weighted by molar-refractivity contribution is 7.09. The molecule has 0 saturated carbocycles. The molecule has 2 heterocycles. The zero-order valence-corrected chi connectivity index (χ0v) is 11.2. The van der Waals surface area contributed by atoms with Crippen LogP contribution in [0.2, 0.25) is 0 Å². The molecule has 0 radical (unpaired) electrons. The summed E-state index contributed by atoms with van der Waals surface area (Å²) < 4.78 is 1.96. The molecule has 0 fully saturated rings. The molecule has 0 aliphatic rings. The topological polar surface area (TPSA) is 56.7 Å². The van der Waals surface area contributed by atoms with Gasteiger partial charge in [-0.05, 0) is 26.8 Å². The van der Waals surface area contributed by atoms with Gasteiger partial charge in [0, 0.05) is 29.6 Å². The molecule has 4 nitrogen and oxygen atoms in total. The van der Waals surface area contributed by atoms with Crippen molar-refractivity contribution in [3.63, 3.8) is 0 Å². The van der Waals surface area contributed by atoms with Gasteiger partial charge in [0.05, 0.1) is 16.9 Å². The van der Waals surface area contributed by atoms with Crippen LogP contribution in [0, 0.1) is 6.92 Å². The number of aryl methyl sites for hydroxylation is 1. The van der Waals surface area contributed by atoms with E-state index in [9.17, 15) is 0 Å². The lowest BCUT2D eigenvalue weighted by molar-refractivity contribution is 0.523. The fourth-order valence-corrected chi connectivity index (χ4v) is 2.56. The van der Waals surface area contributed by atoms with Crippen LogP contribution in [-0.4, -0.2) is 14.8 Å². The Balaban J connectivity index is 2.08. The molecule has 17 heavy (non-hydrogen) atoms. The zero-order valence-electron chi connectivity index (χ0n) is 10.4. The van der Waals surface area contributed by atoms with Gasteiger partial charge < -0.3 is 5.73 Å². The van der Waals surface area contributed by atoms with E-state index in [1.165, 1.54) is 0 Å². The maximum atomic E-state index is 6.18. The highest BCUT2D eigenvalue weighted by Gasteiger charge is 2.14. The zero-order chi connectivity index (χ0) is 12.4. The van der Waals surface area contributed by atoms with Crippen LogP contribution in [0.15, 0.2) is 17.8 Å². The molecule has 2 rings (SSSR count). The summed E-state index contributed by atoms with van der Waals surface area (Å²) in [6.07, 6.45) is 2.77. The average Bonchev–Trinajstić information content (AvgIpc) is 2.86. The molecule has 0 aliphatic carbocycles. The van der Waals surface area contributed by atoms with Crippen LogP contribution in [0.4, 0.5) is 0 Å². The Morgan fingerprint density at radius 2 is 2.24 bits per heavy atom. The Hall–Kier alpha value is -1.20. The van der Waals surface area contributed by atoms with E-state index in [2.05, 4.69) is 23.9 Å². The standard InChI is InChI=1S/C12H18N4S/c1-8(2)16-5-4-10(15-16)6-11(13)12-9(3)14-7-17-12/h4-5,7-8,11H,6,13H2,1-3H3. The first kappa shape index (κ1) is 12.3. The van der Waals surface area contributed by atoms with Crippen molar-refractivity contribution in [3.8, 4) is 0 Å². The van der Waals surface area contributed by atoms with Crippen LogP contribution >= 0.6 is 11.3 Å². The van der Waals surface area contributed by atoms with Crippen molar-refractivity contribution in [3.05, 3.63) is 34.0 Å². The molecule has 0 amide bonds. The third-order valence-corrected chi connectivity index (χ3v) is 3.80. The second-order valence-corrected chi connectivity index (χ2v) is 5.38. The average molecular weight is 250 g/mol. The highest BCUT2D eigenvalue weighted by atomic mass is 32.1. The largest absolute Gasteiger partial charge is 0.323 e. The summed E-state index contributed by atoms with van der Waals surface area (Å²) in [6, 6.07) is 2.43. The van der Waals surface area contributed by atoms with Gasteiger partial charge in [-0.2, -0.15) is 5.10 Å². The van der Waals surface area contributed by atoms with Gasteiger partial charge in [0.15, 0.2) is 0 Å². The number of rotatable bonds is 4. The highest BCUT2D eigenvalue weighted by Crippen LogP contribution is 2.22. The molecule has 1 unspecified atom stereocenters. The van der Waals surface area contributed by atoms with Gasteiger partial charge in [-0.25, -0.2) is 4.98 Å². The maximum Gasteiger partial charge on any atom is 0.0798 e. The SMILES string of the molecule is Cc1ncsc1C(N)Cc1ccn(C(C)C)n1. The smallest absolute Gasteiger partial charge is 0.0798 e. The molecule has 0 saturated heterocycles. The lowest BCUT2D eigenvalue weighted by Crippen LogP contribution is -2.14. The molecule has 92 valence electrons. The Morgan fingerprint density at radius 3 is 2.76 bits per heavy atom. The van der Waals surface area contributed by atoms with Gasteiger partial charge in [-0.3, -0.25) is 4.68 Å². The van der Waals surface area contributed by atoms with Gasteiger partial charge in [0.1, 0.15) is 0 Å². The van der Waals surface area contributed by atoms with Crippen LogP contribution in [-0.2, 0) is 6.42 Å². The van der Waals surface area contributed by atoms with E-state index in [1.807, 2.05) is 29.4 Å². The van der Waals surface area contributed by atoms with E-state index in [0.717, 1.165) is 22.7 Å².